The van der Waals surface area contributed by atoms with Crippen molar-refractivity contribution < 1.29 is 38.3 Å². The molecule has 0 aromatic heterocycles. The molecule has 0 aliphatic carbocycles. The zero-order valence-electron chi connectivity index (χ0n) is 8.10. The summed E-state index contributed by atoms with van der Waals surface area (Å²) in [7, 11) is 0. The van der Waals surface area contributed by atoms with E-state index in [-0.39, 0.29) is 0 Å². The standard InChI is InChI=1S/C14H9.Sm/c1-2-6-12-10-14-8-4-3-7-13(14)9-11(12)5-1;/h1-7,9-10H;. The van der Waals surface area contributed by atoms with Crippen molar-refractivity contribution in [2.75, 3.05) is 0 Å². The monoisotopic (exact) mass is 329 g/mol. The maximum absolute atomic E-state index is 2.30. The van der Waals surface area contributed by atoms with E-state index in [4.69, 9.17) is 0 Å². The van der Waals surface area contributed by atoms with Crippen molar-refractivity contribution >= 4 is 22.8 Å². The van der Waals surface area contributed by atoms with Gasteiger partial charge < -0.3 is 0 Å². The minimum absolute atomic E-state index is 1.32. The van der Waals surface area contributed by atoms with Crippen LogP contribution >= 0.6 is 0 Å². The van der Waals surface area contributed by atoms with Gasteiger partial charge in [-0.05, 0) is 0 Å². The first kappa shape index (κ1) is 9.72. The van der Waals surface area contributed by atoms with E-state index in [0.717, 1.165) is 0 Å². The summed E-state index contributed by atoms with van der Waals surface area (Å²) in [5.41, 5.74) is 0. The fraction of sp³-hybridized carbons (Fsp3) is 0. The topological polar surface area (TPSA) is 0 Å². The molecule has 0 spiro atoms. The fourth-order valence-electron chi connectivity index (χ4n) is 1.94. The number of hydrogen-bond acceptors (Lipinski definition) is 0. The molecule has 0 saturated carbocycles. The average molecular weight is 328 g/mol. The Morgan fingerprint density at radius 2 is 1.33 bits per heavy atom. The molecule has 0 bridgehead atoms. The van der Waals surface area contributed by atoms with Crippen LogP contribution in [0, 0.1) is 38.3 Å². The van der Waals surface area contributed by atoms with E-state index in [1.807, 2.05) is 0 Å². The predicted octanol–water partition coefficient (Wildman–Crippen LogP) is 3.17. The van der Waals surface area contributed by atoms with Crippen molar-refractivity contribution in [1.29, 1.82) is 0 Å². The SMILES string of the molecule is [Sm][c]1cccc2cc3ccccc3cc12. The van der Waals surface area contributed by atoms with Gasteiger partial charge in [-0.1, -0.05) is 0 Å². The minimum atomic E-state index is 1.32. The van der Waals surface area contributed by atoms with Gasteiger partial charge in [-0.15, -0.1) is 0 Å². The van der Waals surface area contributed by atoms with Gasteiger partial charge in [-0.3, -0.25) is 0 Å². The second kappa shape index (κ2) is 3.83. The van der Waals surface area contributed by atoms with E-state index in [9.17, 15) is 0 Å². The molecule has 0 unspecified atom stereocenters. The normalized spacial score (nSPS) is 10.9. The summed E-state index contributed by atoms with van der Waals surface area (Å²) in [5, 5.41) is 5.40. The molecule has 0 heterocycles. The van der Waals surface area contributed by atoms with Crippen LogP contribution in [0.3, 0.4) is 0 Å². The molecule has 0 nitrogen and oxygen atoms in total. The summed E-state index contributed by atoms with van der Waals surface area (Å²) in [6, 6.07) is 19.6. The summed E-state index contributed by atoms with van der Waals surface area (Å²) in [6.07, 6.45) is 0. The summed E-state index contributed by atoms with van der Waals surface area (Å²) in [6.45, 7) is 0. The molecule has 15 heavy (non-hydrogen) atoms. The number of benzene rings is 3. The summed E-state index contributed by atoms with van der Waals surface area (Å²) in [4.78, 5) is 0. The predicted molar refractivity (Wildman–Crippen MR) is 61.1 cm³/mol. The number of hydrogen-bond donors (Lipinski definition) is 0. The van der Waals surface area contributed by atoms with Crippen LogP contribution in [0.25, 0.3) is 21.5 Å². The Labute approximate surface area is 115 Å². The molecule has 0 radical (unpaired) electrons. The van der Waals surface area contributed by atoms with Crippen molar-refractivity contribution in [2.24, 2.45) is 0 Å². The maximum atomic E-state index is 2.30. The molecule has 0 amide bonds. The molecule has 0 atom stereocenters. The number of rotatable bonds is 0. The molecule has 0 aliphatic heterocycles. The summed E-state index contributed by atoms with van der Waals surface area (Å²) >= 11 is 1.53. The van der Waals surface area contributed by atoms with Crippen LogP contribution in [-0.2, 0) is 0 Å². The van der Waals surface area contributed by atoms with Gasteiger partial charge in [0.25, 0.3) is 0 Å². The van der Waals surface area contributed by atoms with Crippen LogP contribution in [0.5, 0.6) is 0 Å². The van der Waals surface area contributed by atoms with Crippen molar-refractivity contribution in [3.05, 3.63) is 54.6 Å². The van der Waals surface area contributed by atoms with Crippen LogP contribution in [0.4, 0.5) is 0 Å². The Kier molecular flexibility index (Phi) is 2.48. The Morgan fingerprint density at radius 3 is 2.13 bits per heavy atom. The molecule has 71 valence electrons. The molecular weight excluding hydrogens is 319 g/mol. The van der Waals surface area contributed by atoms with Gasteiger partial charge >= 0.3 is 116 Å². The molecule has 1 heteroatoms. The van der Waals surface area contributed by atoms with Crippen LogP contribution in [0.15, 0.2) is 54.6 Å². The van der Waals surface area contributed by atoms with Gasteiger partial charge in [0.05, 0.1) is 0 Å². The summed E-state index contributed by atoms with van der Waals surface area (Å²) in [5.74, 6) is 0. The third kappa shape index (κ3) is 1.70. The zero-order valence-corrected chi connectivity index (χ0v) is 10.7. The summed E-state index contributed by atoms with van der Waals surface area (Å²) < 4.78 is 1.43. The Hall–Kier alpha value is -0.482. The van der Waals surface area contributed by atoms with E-state index in [2.05, 4.69) is 54.6 Å². The van der Waals surface area contributed by atoms with Gasteiger partial charge in [-0.2, -0.15) is 0 Å². The van der Waals surface area contributed by atoms with Gasteiger partial charge in [0.2, 0.25) is 0 Å². The van der Waals surface area contributed by atoms with Crippen LogP contribution in [-0.4, -0.2) is 0 Å². The van der Waals surface area contributed by atoms with Crippen LogP contribution < -0.4 is 1.28 Å². The van der Waals surface area contributed by atoms with Gasteiger partial charge in [0.15, 0.2) is 0 Å². The third-order valence-electron chi connectivity index (χ3n) is 2.71. The van der Waals surface area contributed by atoms with E-state index in [1.54, 1.807) is 0 Å². The second-order valence-corrected chi connectivity index (χ2v) is 5.09. The van der Waals surface area contributed by atoms with Crippen molar-refractivity contribution in [3.8, 4) is 0 Å². The van der Waals surface area contributed by atoms with E-state index >= 15 is 0 Å². The molecule has 3 rings (SSSR count). The number of fused-ring (bicyclic) bond motifs is 2. The molecule has 3 aromatic carbocycles. The van der Waals surface area contributed by atoms with Crippen LogP contribution in [0.1, 0.15) is 0 Å². The molecule has 0 saturated heterocycles. The van der Waals surface area contributed by atoms with Crippen molar-refractivity contribution in [1.82, 2.24) is 0 Å². The zero-order chi connectivity index (χ0) is 10.3. The van der Waals surface area contributed by atoms with Gasteiger partial charge in [-0.25, -0.2) is 0 Å². The van der Waals surface area contributed by atoms with Crippen molar-refractivity contribution in [3.63, 3.8) is 0 Å². The molecule has 3 aromatic rings. The van der Waals surface area contributed by atoms with Crippen LogP contribution in [0.2, 0.25) is 0 Å². The first-order valence-corrected chi connectivity index (χ1v) is 6.24. The third-order valence-corrected chi connectivity index (χ3v) is 3.85. The Morgan fingerprint density at radius 1 is 0.667 bits per heavy atom. The fourth-order valence-corrected chi connectivity index (χ4v) is 2.76. The van der Waals surface area contributed by atoms with Gasteiger partial charge in [0, 0.05) is 0 Å². The molecule has 0 aliphatic rings. The Bertz CT molecular complexity index is 641. The van der Waals surface area contributed by atoms with E-state index in [1.165, 1.54) is 61.2 Å². The first-order valence-electron chi connectivity index (χ1n) is 4.93. The molecule has 0 N–H and O–H groups in total. The first-order chi connectivity index (χ1) is 7.34. The second-order valence-electron chi connectivity index (χ2n) is 3.68. The molecule has 0 fully saturated rings. The van der Waals surface area contributed by atoms with Gasteiger partial charge in [0.1, 0.15) is 0 Å². The Balaban J connectivity index is 2.53. The van der Waals surface area contributed by atoms with E-state index in [0.29, 0.717) is 0 Å². The average Bonchev–Trinajstić information content (AvgIpc) is 2.27. The van der Waals surface area contributed by atoms with Crippen molar-refractivity contribution in [2.45, 2.75) is 0 Å². The van der Waals surface area contributed by atoms with E-state index < -0.39 is 0 Å². The molecular formula is C14H9Sm. The quantitative estimate of drug-likeness (QED) is 0.556.